The standard InChI is InChI=1S/C12H14BNO5/c1-2-10(16)14-9-4-6-3-7(15)5-8(12(17)18)11(6)19-13-9/h3,5,9,13,15H,2,4H2,1H3,(H,14,16)(H,17,18). The summed E-state index contributed by atoms with van der Waals surface area (Å²) >= 11 is 0. The molecule has 0 spiro atoms. The molecular weight excluding hydrogens is 249 g/mol. The fourth-order valence-electron chi connectivity index (χ4n) is 2.08. The predicted octanol–water partition coefficient (Wildman–Crippen LogP) is 0.229. The second kappa shape index (κ2) is 5.21. The Labute approximate surface area is 110 Å². The molecule has 1 aromatic carbocycles. The number of carbonyl (C=O) groups excluding carboxylic acids is 1. The Bertz CT molecular complexity index is 531. The summed E-state index contributed by atoms with van der Waals surface area (Å²) < 4.78 is 5.42. The number of fused-ring (bicyclic) bond motifs is 1. The number of rotatable bonds is 3. The van der Waals surface area contributed by atoms with Gasteiger partial charge in [-0.15, -0.1) is 0 Å². The third-order valence-corrected chi connectivity index (χ3v) is 2.96. The van der Waals surface area contributed by atoms with Gasteiger partial charge >= 0.3 is 13.5 Å². The molecule has 1 atom stereocenters. The Morgan fingerprint density at radius 2 is 2.26 bits per heavy atom. The van der Waals surface area contributed by atoms with Crippen LogP contribution in [0.3, 0.4) is 0 Å². The number of aromatic carboxylic acids is 1. The van der Waals surface area contributed by atoms with Gasteiger partial charge in [-0.25, -0.2) is 4.79 Å². The van der Waals surface area contributed by atoms with Crippen molar-refractivity contribution < 1.29 is 24.5 Å². The average Bonchev–Trinajstić information content (AvgIpc) is 2.37. The fourth-order valence-corrected chi connectivity index (χ4v) is 2.08. The highest BCUT2D eigenvalue weighted by Gasteiger charge is 2.27. The van der Waals surface area contributed by atoms with Crippen molar-refractivity contribution in [2.24, 2.45) is 0 Å². The van der Waals surface area contributed by atoms with Crippen molar-refractivity contribution in [2.45, 2.75) is 25.7 Å². The van der Waals surface area contributed by atoms with E-state index >= 15 is 0 Å². The highest BCUT2D eigenvalue weighted by Crippen LogP contribution is 2.32. The molecule has 6 nitrogen and oxygen atoms in total. The van der Waals surface area contributed by atoms with Crippen LogP contribution in [-0.4, -0.2) is 35.5 Å². The Morgan fingerprint density at radius 3 is 2.89 bits per heavy atom. The normalized spacial score (nSPS) is 16.8. The van der Waals surface area contributed by atoms with Crippen LogP contribution in [0.1, 0.15) is 29.3 Å². The highest BCUT2D eigenvalue weighted by atomic mass is 16.4. The number of amides is 1. The summed E-state index contributed by atoms with van der Waals surface area (Å²) in [5.41, 5.74) is 0.528. The molecule has 0 radical (unpaired) electrons. The van der Waals surface area contributed by atoms with Gasteiger partial charge < -0.3 is 20.2 Å². The van der Waals surface area contributed by atoms with Crippen LogP contribution < -0.4 is 9.97 Å². The maximum Gasteiger partial charge on any atom is 0.363 e. The second-order valence-corrected chi connectivity index (χ2v) is 4.42. The van der Waals surface area contributed by atoms with E-state index in [0.29, 0.717) is 18.4 Å². The number of hydrogen-bond donors (Lipinski definition) is 3. The van der Waals surface area contributed by atoms with Crippen LogP contribution in [-0.2, 0) is 11.2 Å². The van der Waals surface area contributed by atoms with E-state index in [1.807, 2.05) is 0 Å². The lowest BCUT2D eigenvalue weighted by atomic mass is 9.79. The van der Waals surface area contributed by atoms with Gasteiger partial charge in [0.05, 0.1) is 0 Å². The molecule has 2 rings (SSSR count). The summed E-state index contributed by atoms with van der Waals surface area (Å²) in [4.78, 5) is 22.4. The molecule has 0 bridgehead atoms. The molecule has 0 aromatic heterocycles. The second-order valence-electron chi connectivity index (χ2n) is 4.42. The van der Waals surface area contributed by atoms with Gasteiger partial charge in [0.2, 0.25) is 5.91 Å². The number of hydrogen-bond acceptors (Lipinski definition) is 4. The molecule has 100 valence electrons. The fraction of sp³-hybridized carbons (Fsp3) is 0.333. The van der Waals surface area contributed by atoms with Crippen molar-refractivity contribution in [3.63, 3.8) is 0 Å². The van der Waals surface area contributed by atoms with Crippen LogP contribution in [0.4, 0.5) is 0 Å². The molecule has 0 aliphatic carbocycles. The molecule has 0 fully saturated rings. The lowest BCUT2D eigenvalue weighted by Gasteiger charge is -2.26. The molecule has 3 N–H and O–H groups in total. The van der Waals surface area contributed by atoms with Crippen molar-refractivity contribution in [1.82, 2.24) is 5.32 Å². The van der Waals surface area contributed by atoms with Gasteiger partial charge in [-0.2, -0.15) is 0 Å². The lowest BCUT2D eigenvalue weighted by molar-refractivity contribution is -0.121. The zero-order valence-corrected chi connectivity index (χ0v) is 10.5. The quantitative estimate of drug-likeness (QED) is 0.678. The van der Waals surface area contributed by atoms with Crippen molar-refractivity contribution >= 4 is 19.4 Å². The molecule has 1 heterocycles. The van der Waals surface area contributed by atoms with Crippen molar-refractivity contribution in [3.8, 4) is 11.5 Å². The van der Waals surface area contributed by atoms with E-state index < -0.39 is 5.97 Å². The minimum absolute atomic E-state index is 0.0599. The van der Waals surface area contributed by atoms with Crippen molar-refractivity contribution in [1.29, 1.82) is 0 Å². The van der Waals surface area contributed by atoms with E-state index in [-0.39, 0.29) is 36.4 Å². The van der Waals surface area contributed by atoms with Gasteiger partial charge in [0, 0.05) is 12.4 Å². The average molecular weight is 263 g/mol. The molecule has 1 unspecified atom stereocenters. The number of carboxylic acid groups (broad SMARTS) is 1. The predicted molar refractivity (Wildman–Crippen MR) is 68.8 cm³/mol. The molecule has 1 aliphatic heterocycles. The van der Waals surface area contributed by atoms with Gasteiger partial charge in [0.1, 0.15) is 17.1 Å². The zero-order chi connectivity index (χ0) is 14.0. The van der Waals surface area contributed by atoms with E-state index in [1.54, 1.807) is 6.92 Å². The molecule has 0 saturated carbocycles. The number of phenols is 1. The minimum Gasteiger partial charge on any atom is -0.561 e. The lowest BCUT2D eigenvalue weighted by Crippen LogP contribution is -2.45. The summed E-state index contributed by atoms with van der Waals surface area (Å²) in [5.74, 6) is -1.29. The van der Waals surface area contributed by atoms with Gasteiger partial charge in [-0.3, -0.25) is 4.79 Å². The summed E-state index contributed by atoms with van der Waals surface area (Å²) in [6.45, 7) is 1.75. The van der Waals surface area contributed by atoms with Crippen LogP contribution in [0, 0.1) is 0 Å². The highest BCUT2D eigenvalue weighted by molar-refractivity contribution is 6.32. The van der Waals surface area contributed by atoms with E-state index in [0.717, 1.165) is 6.07 Å². The van der Waals surface area contributed by atoms with Crippen LogP contribution in [0.15, 0.2) is 12.1 Å². The molecule has 1 aliphatic rings. The Kier molecular flexibility index (Phi) is 3.64. The van der Waals surface area contributed by atoms with Crippen LogP contribution in [0.25, 0.3) is 0 Å². The summed E-state index contributed by atoms with van der Waals surface area (Å²) in [5, 5.41) is 21.4. The van der Waals surface area contributed by atoms with Crippen molar-refractivity contribution in [2.75, 3.05) is 0 Å². The third kappa shape index (κ3) is 2.81. The first-order valence-electron chi connectivity index (χ1n) is 6.02. The monoisotopic (exact) mass is 263 g/mol. The topological polar surface area (TPSA) is 95.9 Å². The van der Waals surface area contributed by atoms with Gasteiger partial charge in [-0.05, 0) is 24.1 Å². The third-order valence-electron chi connectivity index (χ3n) is 2.96. The molecule has 7 heteroatoms. The molecule has 0 saturated heterocycles. The minimum atomic E-state index is -1.15. The first kappa shape index (κ1) is 13.3. The number of benzene rings is 1. The SMILES string of the molecule is CCC(=O)NC1BOc2c(cc(O)cc2C(=O)O)C1. The first-order valence-corrected chi connectivity index (χ1v) is 6.02. The summed E-state index contributed by atoms with van der Waals surface area (Å²) in [7, 11) is 0.226. The molecule has 19 heavy (non-hydrogen) atoms. The number of carbonyl (C=O) groups is 2. The number of carboxylic acids is 1. The Hall–Kier alpha value is -2.18. The maximum absolute atomic E-state index is 11.3. The molecule has 1 aromatic rings. The summed E-state index contributed by atoms with van der Waals surface area (Å²) in [6.07, 6.45) is 0.819. The largest absolute Gasteiger partial charge is 0.561 e. The van der Waals surface area contributed by atoms with Gasteiger partial charge in [0.25, 0.3) is 0 Å². The summed E-state index contributed by atoms with van der Waals surface area (Å²) in [6, 6.07) is 2.62. The Morgan fingerprint density at radius 1 is 1.53 bits per heavy atom. The maximum atomic E-state index is 11.3. The van der Waals surface area contributed by atoms with E-state index in [9.17, 15) is 14.7 Å². The van der Waals surface area contributed by atoms with E-state index in [2.05, 4.69) is 5.32 Å². The number of nitrogens with one attached hydrogen (secondary N) is 1. The van der Waals surface area contributed by atoms with Crippen LogP contribution in [0.2, 0.25) is 0 Å². The van der Waals surface area contributed by atoms with Crippen LogP contribution in [0.5, 0.6) is 11.5 Å². The number of phenolic OH excluding ortho intramolecular Hbond substituents is 1. The first-order chi connectivity index (χ1) is 9.01. The van der Waals surface area contributed by atoms with E-state index in [4.69, 9.17) is 9.76 Å². The Balaban J connectivity index is 2.26. The van der Waals surface area contributed by atoms with Crippen molar-refractivity contribution in [3.05, 3.63) is 23.3 Å². The molecular formula is C12H14BNO5. The van der Waals surface area contributed by atoms with Gasteiger partial charge in [0.15, 0.2) is 0 Å². The number of aromatic hydroxyl groups is 1. The van der Waals surface area contributed by atoms with E-state index in [1.165, 1.54) is 6.07 Å². The zero-order valence-electron chi connectivity index (χ0n) is 10.5. The van der Waals surface area contributed by atoms with Crippen LogP contribution >= 0.6 is 0 Å². The van der Waals surface area contributed by atoms with Gasteiger partial charge in [-0.1, -0.05) is 6.92 Å². The smallest absolute Gasteiger partial charge is 0.363 e. The molecule has 1 amide bonds.